The Hall–Kier alpha value is -2.73. The molecule has 0 radical (unpaired) electrons. The molecule has 0 spiro atoms. The van der Waals surface area contributed by atoms with Gasteiger partial charge in [0.2, 0.25) is 11.9 Å². The Balaban J connectivity index is 1.24. The number of carbonyl (C=O) groups excluding carboxylic acids is 3. The van der Waals surface area contributed by atoms with Gasteiger partial charge >= 0.3 is 12.1 Å². The van der Waals surface area contributed by atoms with Crippen molar-refractivity contribution in [3.05, 3.63) is 22.8 Å². The second-order valence-electron chi connectivity index (χ2n) is 15.9. The van der Waals surface area contributed by atoms with Crippen LogP contribution in [-0.4, -0.2) is 87.5 Å². The molecule has 4 saturated carbocycles. The molecule has 0 aromatic heterocycles. The average Bonchev–Trinajstić information content (AvgIpc) is 3.55. The normalized spacial score (nSPS) is 40.2. The summed E-state index contributed by atoms with van der Waals surface area (Å²) in [7, 11) is 0. The fourth-order valence-electron chi connectivity index (χ4n) is 9.63. The van der Waals surface area contributed by atoms with Gasteiger partial charge in [0.15, 0.2) is 0 Å². The SMILES string of the molecule is C=CC1C[C@]1(NC(=O)[C@@H]1CC(OC23CC(C4CCCCC4)(C2)NC2CCC([N+](=O)[O-])CC23)CN1C(=O)OC(C)(C)C)C(=O)OCC. The van der Waals surface area contributed by atoms with Crippen LogP contribution in [0.1, 0.15) is 105 Å². The smallest absolute Gasteiger partial charge is 0.411 e. The minimum absolute atomic E-state index is 0.0168. The van der Waals surface area contributed by atoms with Crippen molar-refractivity contribution in [1.29, 1.82) is 0 Å². The summed E-state index contributed by atoms with van der Waals surface area (Å²) in [5, 5.41) is 18.9. The highest BCUT2D eigenvalue weighted by Crippen LogP contribution is 2.62. The van der Waals surface area contributed by atoms with Crippen LogP contribution in [0.3, 0.4) is 0 Å². The number of nitro groups is 1. The first-order chi connectivity index (χ1) is 21.7. The third kappa shape index (κ3) is 5.93. The molecule has 0 aromatic carbocycles. The monoisotopic (exact) mass is 644 g/mol. The zero-order valence-electron chi connectivity index (χ0n) is 27.9. The van der Waals surface area contributed by atoms with Crippen LogP contribution in [0.15, 0.2) is 12.7 Å². The largest absolute Gasteiger partial charge is 0.464 e. The molecule has 12 nitrogen and oxygen atoms in total. The lowest BCUT2D eigenvalue weighted by Gasteiger charge is -2.70. The first-order valence-electron chi connectivity index (χ1n) is 17.5. The van der Waals surface area contributed by atoms with E-state index in [4.69, 9.17) is 14.2 Å². The standard InChI is InChI=1S/C34H52N4O8/c1-6-21-17-34(21,29(40)44-7-2)36-28(39)27-16-24(18-37(27)30(41)46-31(3,4)5)45-33-19-32(20-33,22-11-9-8-10-12-22)35-26-14-13-23(38(42)43)15-25(26)33/h6,21-27,35H,1,7-20H2,2-5H3,(H,36,39)/t21?,23?,24?,25?,26?,27-,32?,33?,34+/m0/s1. The highest BCUT2D eigenvalue weighted by molar-refractivity contribution is 5.95. The number of nitrogens with one attached hydrogen (secondary N) is 2. The van der Waals surface area contributed by atoms with E-state index < -0.39 is 52.9 Å². The van der Waals surface area contributed by atoms with Crippen molar-refractivity contribution < 1.29 is 33.5 Å². The number of ether oxygens (including phenoxy) is 3. The molecule has 7 rings (SSSR count). The number of piperidine rings is 2. The minimum atomic E-state index is -1.19. The van der Waals surface area contributed by atoms with Gasteiger partial charge < -0.3 is 24.8 Å². The molecule has 2 bridgehead atoms. The Bertz CT molecular complexity index is 1240. The zero-order chi connectivity index (χ0) is 33.1. The number of carbonyl (C=O) groups is 3. The van der Waals surface area contributed by atoms with Crippen LogP contribution in [0.25, 0.3) is 0 Å². The number of esters is 1. The molecular weight excluding hydrogens is 592 g/mol. The molecule has 2 N–H and O–H groups in total. The van der Waals surface area contributed by atoms with Crippen molar-refractivity contribution >= 4 is 18.0 Å². The molecule has 7 fully saturated rings. The van der Waals surface area contributed by atoms with Crippen molar-refractivity contribution in [2.24, 2.45) is 17.8 Å². The number of likely N-dealkylation sites (tertiary alicyclic amines) is 1. The Morgan fingerprint density at radius 2 is 1.83 bits per heavy atom. The third-order valence-electron chi connectivity index (χ3n) is 11.8. The second-order valence-corrected chi connectivity index (χ2v) is 15.9. The summed E-state index contributed by atoms with van der Waals surface area (Å²) in [6.07, 6.45) is 10.6. The van der Waals surface area contributed by atoms with Gasteiger partial charge in [-0.05, 0) is 72.1 Å². The summed E-state index contributed by atoms with van der Waals surface area (Å²) < 4.78 is 18.1. The van der Waals surface area contributed by atoms with E-state index in [9.17, 15) is 24.5 Å². The van der Waals surface area contributed by atoms with Gasteiger partial charge in [0.1, 0.15) is 17.2 Å². The summed E-state index contributed by atoms with van der Waals surface area (Å²) in [5.41, 5.74) is -2.54. The molecular formula is C34H52N4O8. The Labute approximate surface area is 271 Å². The molecule has 7 aliphatic rings. The lowest BCUT2D eigenvalue weighted by molar-refractivity contribution is -0.531. The lowest BCUT2D eigenvalue weighted by Crippen LogP contribution is -2.81. The predicted molar refractivity (Wildman–Crippen MR) is 168 cm³/mol. The summed E-state index contributed by atoms with van der Waals surface area (Å²) >= 11 is 0. The van der Waals surface area contributed by atoms with E-state index in [1.54, 1.807) is 33.8 Å². The van der Waals surface area contributed by atoms with Gasteiger partial charge in [-0.15, -0.1) is 6.58 Å². The maximum absolute atomic E-state index is 13.9. The predicted octanol–water partition coefficient (Wildman–Crippen LogP) is 4.27. The molecule has 4 aliphatic carbocycles. The quantitative estimate of drug-likeness (QED) is 0.162. The first kappa shape index (κ1) is 33.2. The van der Waals surface area contributed by atoms with Crippen LogP contribution >= 0.6 is 0 Å². The van der Waals surface area contributed by atoms with Crippen LogP contribution in [0.4, 0.5) is 4.79 Å². The molecule has 7 atom stereocenters. The Morgan fingerprint density at radius 1 is 1.11 bits per heavy atom. The minimum Gasteiger partial charge on any atom is -0.464 e. The summed E-state index contributed by atoms with van der Waals surface area (Å²) in [6, 6.07) is -1.35. The molecule has 5 unspecified atom stereocenters. The molecule has 3 saturated heterocycles. The van der Waals surface area contributed by atoms with E-state index in [1.807, 2.05) is 0 Å². The van der Waals surface area contributed by atoms with Crippen LogP contribution in [0, 0.1) is 27.9 Å². The van der Waals surface area contributed by atoms with E-state index >= 15 is 0 Å². The van der Waals surface area contributed by atoms with Gasteiger partial charge in [0, 0.05) is 47.6 Å². The third-order valence-corrected chi connectivity index (χ3v) is 11.8. The number of amides is 2. The van der Waals surface area contributed by atoms with Crippen LogP contribution in [0.5, 0.6) is 0 Å². The van der Waals surface area contributed by atoms with Gasteiger partial charge in [-0.2, -0.15) is 0 Å². The zero-order valence-corrected chi connectivity index (χ0v) is 27.9. The van der Waals surface area contributed by atoms with E-state index in [1.165, 1.54) is 37.0 Å². The highest BCUT2D eigenvalue weighted by Gasteiger charge is 2.70. The number of nitrogens with zero attached hydrogens (tertiary/aromatic N) is 2. The molecule has 0 aromatic rings. The molecule has 46 heavy (non-hydrogen) atoms. The summed E-state index contributed by atoms with van der Waals surface area (Å²) in [6.45, 7) is 11.2. The van der Waals surface area contributed by atoms with E-state index in [-0.39, 0.29) is 47.9 Å². The molecule has 256 valence electrons. The van der Waals surface area contributed by atoms with Gasteiger partial charge in [0.05, 0.1) is 24.9 Å². The van der Waals surface area contributed by atoms with E-state index in [2.05, 4.69) is 17.2 Å². The number of hydrogen-bond acceptors (Lipinski definition) is 9. The van der Waals surface area contributed by atoms with Crippen molar-refractivity contribution in [3.8, 4) is 0 Å². The Morgan fingerprint density at radius 3 is 2.43 bits per heavy atom. The number of rotatable bonds is 9. The van der Waals surface area contributed by atoms with Gasteiger partial charge in [0.25, 0.3) is 0 Å². The highest BCUT2D eigenvalue weighted by atomic mass is 16.6. The fourth-order valence-corrected chi connectivity index (χ4v) is 9.63. The molecule has 12 heteroatoms. The van der Waals surface area contributed by atoms with Crippen molar-refractivity contribution in [2.45, 2.75) is 151 Å². The van der Waals surface area contributed by atoms with E-state index in [0.717, 1.165) is 19.3 Å². The van der Waals surface area contributed by atoms with Crippen molar-refractivity contribution in [1.82, 2.24) is 15.5 Å². The van der Waals surface area contributed by atoms with Crippen molar-refractivity contribution in [2.75, 3.05) is 13.2 Å². The van der Waals surface area contributed by atoms with Gasteiger partial charge in [-0.3, -0.25) is 19.8 Å². The van der Waals surface area contributed by atoms with Gasteiger partial charge in [-0.25, -0.2) is 9.59 Å². The topological polar surface area (TPSA) is 149 Å². The molecule has 2 amide bonds. The van der Waals surface area contributed by atoms with Gasteiger partial charge in [-0.1, -0.05) is 25.3 Å². The van der Waals surface area contributed by atoms with Crippen LogP contribution in [-0.2, 0) is 23.8 Å². The molecule has 3 aliphatic heterocycles. The van der Waals surface area contributed by atoms with E-state index in [0.29, 0.717) is 25.2 Å². The maximum atomic E-state index is 13.9. The number of hydrogen-bond donors (Lipinski definition) is 2. The summed E-state index contributed by atoms with van der Waals surface area (Å²) in [4.78, 5) is 53.6. The lowest BCUT2D eigenvalue weighted by atomic mass is 9.47. The first-order valence-corrected chi connectivity index (χ1v) is 17.5. The second kappa shape index (κ2) is 12.1. The Kier molecular flexibility index (Phi) is 8.70. The molecule has 3 heterocycles. The maximum Gasteiger partial charge on any atom is 0.411 e. The van der Waals surface area contributed by atoms with Crippen LogP contribution in [0.2, 0.25) is 0 Å². The fraction of sp³-hybridized carbons (Fsp3) is 0.853. The average molecular weight is 645 g/mol. The van der Waals surface area contributed by atoms with Crippen molar-refractivity contribution in [3.63, 3.8) is 0 Å². The summed E-state index contributed by atoms with van der Waals surface area (Å²) in [5.74, 6) is -0.673. The van der Waals surface area contributed by atoms with Crippen LogP contribution < -0.4 is 10.6 Å².